The Kier molecular flexibility index (Phi) is 6.35. The molecule has 2 atom stereocenters. The number of nitrogens with zero attached hydrogens (tertiary/aromatic N) is 1. The summed E-state index contributed by atoms with van der Waals surface area (Å²) >= 11 is 0. The van der Waals surface area contributed by atoms with Crippen molar-refractivity contribution in [3.8, 4) is 0 Å². The molecule has 0 aromatic carbocycles. The number of rotatable bonds is 6. The van der Waals surface area contributed by atoms with E-state index in [1.54, 1.807) is 0 Å². The molecular formula is C11H26N2. The Morgan fingerprint density at radius 3 is 1.92 bits per heavy atom. The molecule has 2 nitrogen and oxygen atoms in total. The zero-order chi connectivity index (χ0) is 10.4. The topological polar surface area (TPSA) is 15.3 Å². The van der Waals surface area contributed by atoms with Gasteiger partial charge in [0.2, 0.25) is 0 Å². The molecule has 0 radical (unpaired) electrons. The van der Waals surface area contributed by atoms with Crippen LogP contribution in [-0.2, 0) is 0 Å². The fourth-order valence-corrected chi connectivity index (χ4v) is 1.86. The summed E-state index contributed by atoms with van der Waals surface area (Å²) in [6.07, 6.45) is 1.26. The minimum absolute atomic E-state index is 0.587. The van der Waals surface area contributed by atoms with Gasteiger partial charge in [-0.1, -0.05) is 13.8 Å². The Labute approximate surface area is 83.7 Å². The first kappa shape index (κ1) is 12.9. The summed E-state index contributed by atoms with van der Waals surface area (Å²) in [6.45, 7) is 10.2. The van der Waals surface area contributed by atoms with Crippen molar-refractivity contribution in [3.63, 3.8) is 0 Å². The van der Waals surface area contributed by atoms with Crippen LogP contribution in [0.2, 0.25) is 0 Å². The third-order valence-electron chi connectivity index (χ3n) is 2.03. The largest absolute Gasteiger partial charge is 0.310 e. The van der Waals surface area contributed by atoms with Gasteiger partial charge >= 0.3 is 0 Å². The molecule has 0 aromatic heterocycles. The Morgan fingerprint density at radius 1 is 1.00 bits per heavy atom. The first-order chi connectivity index (χ1) is 5.91. The molecule has 0 aliphatic carbocycles. The van der Waals surface area contributed by atoms with E-state index in [9.17, 15) is 0 Å². The van der Waals surface area contributed by atoms with Gasteiger partial charge in [-0.25, -0.2) is 0 Å². The van der Waals surface area contributed by atoms with E-state index in [0.717, 1.165) is 12.5 Å². The quantitative estimate of drug-likeness (QED) is 0.682. The molecule has 0 aliphatic heterocycles. The predicted molar refractivity (Wildman–Crippen MR) is 60.1 cm³/mol. The Hall–Kier alpha value is -0.0800. The van der Waals surface area contributed by atoms with E-state index in [2.05, 4.69) is 52.0 Å². The minimum atomic E-state index is 0.587. The van der Waals surface area contributed by atoms with Gasteiger partial charge in [-0.3, -0.25) is 0 Å². The lowest BCUT2D eigenvalue weighted by molar-refractivity contribution is 0.318. The maximum Gasteiger partial charge on any atom is 0.0168 e. The molecule has 0 rings (SSSR count). The lowest BCUT2D eigenvalue weighted by Gasteiger charge is -2.23. The third-order valence-corrected chi connectivity index (χ3v) is 2.03. The van der Waals surface area contributed by atoms with Crippen LogP contribution in [0.15, 0.2) is 0 Å². The lowest BCUT2D eigenvalue weighted by Crippen LogP contribution is -2.41. The van der Waals surface area contributed by atoms with Crippen LogP contribution in [-0.4, -0.2) is 37.6 Å². The van der Waals surface area contributed by atoms with Crippen molar-refractivity contribution in [2.45, 2.75) is 46.2 Å². The molecule has 0 aromatic rings. The van der Waals surface area contributed by atoms with Crippen LogP contribution >= 0.6 is 0 Å². The van der Waals surface area contributed by atoms with Gasteiger partial charge in [-0.05, 0) is 40.3 Å². The van der Waals surface area contributed by atoms with Crippen molar-refractivity contribution < 1.29 is 0 Å². The van der Waals surface area contributed by atoms with Gasteiger partial charge in [0.15, 0.2) is 0 Å². The third kappa shape index (κ3) is 8.26. The van der Waals surface area contributed by atoms with E-state index in [1.165, 1.54) is 6.42 Å². The molecule has 1 N–H and O–H groups in total. The van der Waals surface area contributed by atoms with Crippen LogP contribution < -0.4 is 5.32 Å². The van der Waals surface area contributed by atoms with Gasteiger partial charge < -0.3 is 10.2 Å². The fourth-order valence-electron chi connectivity index (χ4n) is 1.86. The summed E-state index contributed by atoms with van der Waals surface area (Å²) in [6, 6.07) is 1.22. The molecule has 0 bridgehead atoms. The number of hydrogen-bond acceptors (Lipinski definition) is 2. The molecule has 0 fully saturated rings. The first-order valence-electron chi connectivity index (χ1n) is 5.32. The van der Waals surface area contributed by atoms with E-state index < -0.39 is 0 Å². The summed E-state index contributed by atoms with van der Waals surface area (Å²) < 4.78 is 0. The van der Waals surface area contributed by atoms with Gasteiger partial charge in [0.05, 0.1) is 0 Å². The number of likely N-dealkylation sites (N-methyl/N-ethyl adjacent to an activating group) is 1. The summed E-state index contributed by atoms with van der Waals surface area (Å²) in [4.78, 5) is 2.22. The van der Waals surface area contributed by atoms with E-state index in [1.807, 2.05) is 0 Å². The predicted octanol–water partition coefficient (Wildman–Crippen LogP) is 1.96. The average molecular weight is 186 g/mol. The van der Waals surface area contributed by atoms with Gasteiger partial charge in [0.25, 0.3) is 0 Å². The molecule has 13 heavy (non-hydrogen) atoms. The molecule has 2 unspecified atom stereocenters. The van der Waals surface area contributed by atoms with E-state index >= 15 is 0 Å². The molecule has 0 spiro atoms. The second-order valence-corrected chi connectivity index (χ2v) is 4.86. The SMILES string of the molecule is CC(C)CC(C)NC(C)CN(C)C. The van der Waals surface area contributed by atoms with E-state index in [0.29, 0.717) is 12.1 Å². The summed E-state index contributed by atoms with van der Waals surface area (Å²) in [5.74, 6) is 0.786. The van der Waals surface area contributed by atoms with Crippen LogP contribution in [0.5, 0.6) is 0 Å². The van der Waals surface area contributed by atoms with Gasteiger partial charge in [0, 0.05) is 18.6 Å². The number of hydrogen-bond donors (Lipinski definition) is 1. The second kappa shape index (κ2) is 6.39. The normalized spacial score (nSPS) is 16.6. The van der Waals surface area contributed by atoms with Crippen molar-refractivity contribution in [1.29, 1.82) is 0 Å². The first-order valence-corrected chi connectivity index (χ1v) is 5.32. The molecule has 0 saturated carbocycles. The summed E-state index contributed by atoms with van der Waals surface area (Å²) in [5.41, 5.74) is 0. The van der Waals surface area contributed by atoms with E-state index in [-0.39, 0.29) is 0 Å². The van der Waals surface area contributed by atoms with Crippen LogP contribution in [0.4, 0.5) is 0 Å². The van der Waals surface area contributed by atoms with Crippen molar-refractivity contribution >= 4 is 0 Å². The standard InChI is InChI=1S/C11H26N2/c1-9(2)7-10(3)12-11(4)8-13(5)6/h9-12H,7-8H2,1-6H3. The highest BCUT2D eigenvalue weighted by Gasteiger charge is 2.09. The lowest BCUT2D eigenvalue weighted by atomic mass is 10.0. The monoisotopic (exact) mass is 186 g/mol. The molecule has 2 heteroatoms. The molecule has 0 saturated heterocycles. The fraction of sp³-hybridized carbons (Fsp3) is 1.00. The van der Waals surface area contributed by atoms with Gasteiger partial charge in [-0.2, -0.15) is 0 Å². The van der Waals surface area contributed by atoms with Gasteiger partial charge in [-0.15, -0.1) is 0 Å². The van der Waals surface area contributed by atoms with Crippen molar-refractivity contribution in [1.82, 2.24) is 10.2 Å². The molecule has 0 aliphatic rings. The highest BCUT2D eigenvalue weighted by Crippen LogP contribution is 2.04. The summed E-state index contributed by atoms with van der Waals surface area (Å²) in [7, 11) is 4.23. The van der Waals surface area contributed by atoms with Gasteiger partial charge in [0.1, 0.15) is 0 Å². The van der Waals surface area contributed by atoms with Crippen molar-refractivity contribution in [2.24, 2.45) is 5.92 Å². The highest BCUT2D eigenvalue weighted by atomic mass is 15.1. The average Bonchev–Trinajstić information content (AvgIpc) is 1.80. The van der Waals surface area contributed by atoms with Crippen molar-refractivity contribution in [3.05, 3.63) is 0 Å². The van der Waals surface area contributed by atoms with E-state index in [4.69, 9.17) is 0 Å². The second-order valence-electron chi connectivity index (χ2n) is 4.86. The Bertz CT molecular complexity index is 107. The zero-order valence-corrected chi connectivity index (χ0v) is 10.1. The van der Waals surface area contributed by atoms with Crippen LogP contribution in [0.1, 0.15) is 34.1 Å². The van der Waals surface area contributed by atoms with Crippen LogP contribution in [0, 0.1) is 5.92 Å². The van der Waals surface area contributed by atoms with Crippen LogP contribution in [0.3, 0.4) is 0 Å². The molecule has 80 valence electrons. The van der Waals surface area contributed by atoms with Crippen molar-refractivity contribution in [2.75, 3.05) is 20.6 Å². The van der Waals surface area contributed by atoms with Crippen LogP contribution in [0.25, 0.3) is 0 Å². The zero-order valence-electron chi connectivity index (χ0n) is 10.1. The summed E-state index contributed by atoms with van der Waals surface area (Å²) in [5, 5.41) is 3.60. The molecular weight excluding hydrogens is 160 g/mol. The highest BCUT2D eigenvalue weighted by molar-refractivity contribution is 4.70. The molecule has 0 heterocycles. The maximum atomic E-state index is 3.60. The molecule has 0 amide bonds. The maximum absolute atomic E-state index is 3.60. The Balaban J connectivity index is 3.58. The number of nitrogens with one attached hydrogen (secondary N) is 1. The smallest absolute Gasteiger partial charge is 0.0168 e. The Morgan fingerprint density at radius 2 is 1.54 bits per heavy atom. The minimum Gasteiger partial charge on any atom is -0.310 e.